The number of nitrogens with one attached hydrogen (secondary N) is 1. The molecule has 1 amide bonds. The predicted octanol–water partition coefficient (Wildman–Crippen LogP) is 2.85. The summed E-state index contributed by atoms with van der Waals surface area (Å²) in [6.07, 6.45) is 5.29. The molecule has 0 aliphatic heterocycles. The fourth-order valence-corrected chi connectivity index (χ4v) is 2.52. The second kappa shape index (κ2) is 5.74. The fourth-order valence-electron chi connectivity index (χ4n) is 1.80. The average Bonchev–Trinajstić information content (AvgIpc) is 2.51. The maximum absolute atomic E-state index is 11.6. The zero-order valence-corrected chi connectivity index (χ0v) is 10.6. The van der Waals surface area contributed by atoms with Crippen molar-refractivity contribution in [3.05, 3.63) is 0 Å². The Morgan fingerprint density at radius 1 is 1.57 bits per heavy atom. The molecule has 1 fully saturated rings. The number of hydrogen-bond donors (Lipinski definition) is 1. The zero-order valence-electron chi connectivity index (χ0n) is 9.05. The molecule has 2 nitrogen and oxygen atoms in total. The van der Waals surface area contributed by atoms with Crippen LogP contribution < -0.4 is 5.32 Å². The Hall–Kier alpha value is -0.0500. The first-order valence-electron chi connectivity index (χ1n) is 5.57. The normalized spacial score (nSPS) is 28.8. The quantitative estimate of drug-likeness (QED) is 0.775. The van der Waals surface area contributed by atoms with E-state index in [9.17, 15) is 4.79 Å². The first-order valence-corrected chi connectivity index (χ1v) is 6.48. The van der Waals surface area contributed by atoms with Gasteiger partial charge in [0.2, 0.25) is 5.91 Å². The van der Waals surface area contributed by atoms with E-state index in [4.69, 9.17) is 0 Å². The molecule has 0 heterocycles. The van der Waals surface area contributed by atoms with Crippen molar-refractivity contribution < 1.29 is 4.79 Å². The van der Waals surface area contributed by atoms with Gasteiger partial charge in [0, 0.05) is 17.3 Å². The number of hydrogen-bond acceptors (Lipinski definition) is 1. The molecule has 1 N–H and O–H groups in total. The number of rotatable bonds is 4. The molecule has 3 atom stereocenters. The summed E-state index contributed by atoms with van der Waals surface area (Å²) < 4.78 is 0. The molecule has 0 radical (unpaired) electrons. The highest BCUT2D eigenvalue weighted by atomic mass is 79.9. The molecule has 0 aromatic rings. The molecule has 0 bridgehead atoms. The third kappa shape index (κ3) is 3.60. The van der Waals surface area contributed by atoms with E-state index < -0.39 is 0 Å². The van der Waals surface area contributed by atoms with Gasteiger partial charge in [-0.05, 0) is 18.8 Å². The SMILES string of the molecule is CCC(C)CC(=O)NC1CCCC1Br. The number of carbonyl (C=O) groups is 1. The fraction of sp³-hybridized carbons (Fsp3) is 0.909. The number of halogens is 1. The van der Waals surface area contributed by atoms with Crippen LogP contribution in [-0.2, 0) is 4.79 Å². The summed E-state index contributed by atoms with van der Waals surface area (Å²) in [5.74, 6) is 0.723. The van der Waals surface area contributed by atoms with Gasteiger partial charge in [-0.15, -0.1) is 0 Å². The standard InChI is InChI=1S/C11H20BrNO/c1-3-8(2)7-11(14)13-10-6-4-5-9(10)12/h8-10H,3-7H2,1-2H3,(H,13,14). The minimum atomic E-state index is 0.218. The lowest BCUT2D eigenvalue weighted by Gasteiger charge is -2.17. The number of carbonyl (C=O) groups excluding carboxylic acids is 1. The zero-order chi connectivity index (χ0) is 10.6. The van der Waals surface area contributed by atoms with Crippen LogP contribution in [0.25, 0.3) is 0 Å². The molecule has 1 saturated carbocycles. The van der Waals surface area contributed by atoms with Gasteiger partial charge in [0.1, 0.15) is 0 Å². The molecule has 1 aliphatic carbocycles. The monoisotopic (exact) mass is 261 g/mol. The van der Waals surface area contributed by atoms with Crippen LogP contribution in [0.15, 0.2) is 0 Å². The molecule has 0 saturated heterocycles. The van der Waals surface area contributed by atoms with Crippen molar-refractivity contribution in [1.82, 2.24) is 5.32 Å². The van der Waals surface area contributed by atoms with Crippen LogP contribution in [0.5, 0.6) is 0 Å². The summed E-state index contributed by atoms with van der Waals surface area (Å²) in [4.78, 5) is 12.1. The first-order chi connectivity index (χ1) is 6.63. The van der Waals surface area contributed by atoms with Gasteiger partial charge >= 0.3 is 0 Å². The maximum atomic E-state index is 11.6. The smallest absolute Gasteiger partial charge is 0.220 e. The van der Waals surface area contributed by atoms with E-state index in [0.29, 0.717) is 23.2 Å². The van der Waals surface area contributed by atoms with Crippen LogP contribution in [0.3, 0.4) is 0 Å². The van der Waals surface area contributed by atoms with Gasteiger partial charge in [-0.1, -0.05) is 42.6 Å². The Bertz CT molecular complexity index is 196. The highest BCUT2D eigenvalue weighted by Gasteiger charge is 2.26. The molecular weight excluding hydrogens is 242 g/mol. The van der Waals surface area contributed by atoms with E-state index in [1.807, 2.05) is 0 Å². The summed E-state index contributed by atoms with van der Waals surface area (Å²) in [6, 6.07) is 0.367. The minimum Gasteiger partial charge on any atom is -0.352 e. The summed E-state index contributed by atoms with van der Waals surface area (Å²) in [5.41, 5.74) is 0. The van der Waals surface area contributed by atoms with Crippen molar-refractivity contribution in [3.63, 3.8) is 0 Å². The lowest BCUT2D eigenvalue weighted by atomic mass is 10.0. The van der Waals surface area contributed by atoms with Gasteiger partial charge in [-0.25, -0.2) is 0 Å². The van der Waals surface area contributed by atoms with Gasteiger partial charge in [0.05, 0.1) is 0 Å². The van der Waals surface area contributed by atoms with E-state index in [1.54, 1.807) is 0 Å². The Kier molecular flexibility index (Phi) is 4.93. The molecule has 1 aliphatic rings. The van der Waals surface area contributed by atoms with Crippen LogP contribution in [0.4, 0.5) is 0 Å². The maximum Gasteiger partial charge on any atom is 0.220 e. The van der Waals surface area contributed by atoms with Crippen LogP contribution in [-0.4, -0.2) is 16.8 Å². The second-order valence-electron chi connectivity index (χ2n) is 4.34. The van der Waals surface area contributed by atoms with Gasteiger partial charge < -0.3 is 5.32 Å². The molecule has 0 aromatic heterocycles. The molecular formula is C11H20BrNO. The summed E-state index contributed by atoms with van der Waals surface area (Å²) in [6.45, 7) is 4.25. The Morgan fingerprint density at radius 3 is 2.79 bits per heavy atom. The van der Waals surface area contributed by atoms with Gasteiger partial charge in [0.15, 0.2) is 0 Å². The topological polar surface area (TPSA) is 29.1 Å². The van der Waals surface area contributed by atoms with Gasteiger partial charge in [-0.3, -0.25) is 4.79 Å². The molecule has 3 heteroatoms. The van der Waals surface area contributed by atoms with E-state index in [-0.39, 0.29) is 5.91 Å². The van der Waals surface area contributed by atoms with E-state index in [1.165, 1.54) is 12.8 Å². The molecule has 14 heavy (non-hydrogen) atoms. The summed E-state index contributed by atoms with van der Waals surface area (Å²) >= 11 is 3.60. The first kappa shape index (κ1) is 12.0. The van der Waals surface area contributed by atoms with Crippen molar-refractivity contribution in [2.45, 2.75) is 56.8 Å². The largest absolute Gasteiger partial charge is 0.352 e. The summed E-state index contributed by atoms with van der Waals surface area (Å²) in [7, 11) is 0. The van der Waals surface area contributed by atoms with Gasteiger partial charge in [0.25, 0.3) is 0 Å². The second-order valence-corrected chi connectivity index (χ2v) is 5.51. The van der Waals surface area contributed by atoms with Crippen molar-refractivity contribution in [3.8, 4) is 0 Å². The van der Waals surface area contributed by atoms with Crippen LogP contribution in [0.2, 0.25) is 0 Å². The van der Waals surface area contributed by atoms with Crippen LogP contribution in [0.1, 0.15) is 46.0 Å². The summed E-state index contributed by atoms with van der Waals surface area (Å²) in [5, 5.41) is 3.11. The molecule has 82 valence electrons. The van der Waals surface area contributed by atoms with Crippen molar-refractivity contribution in [2.24, 2.45) is 5.92 Å². The minimum absolute atomic E-state index is 0.218. The average molecular weight is 262 g/mol. The Morgan fingerprint density at radius 2 is 2.29 bits per heavy atom. The Labute approximate surface area is 95.0 Å². The molecule has 1 rings (SSSR count). The highest BCUT2D eigenvalue weighted by Crippen LogP contribution is 2.25. The lowest BCUT2D eigenvalue weighted by molar-refractivity contribution is -0.122. The van der Waals surface area contributed by atoms with Crippen molar-refractivity contribution in [2.75, 3.05) is 0 Å². The third-order valence-electron chi connectivity index (χ3n) is 3.01. The number of amides is 1. The Balaban J connectivity index is 2.26. The van der Waals surface area contributed by atoms with Crippen LogP contribution >= 0.6 is 15.9 Å². The van der Waals surface area contributed by atoms with Crippen LogP contribution in [0, 0.1) is 5.92 Å². The predicted molar refractivity (Wildman–Crippen MR) is 62.6 cm³/mol. The third-order valence-corrected chi connectivity index (χ3v) is 4.10. The van der Waals surface area contributed by atoms with E-state index in [2.05, 4.69) is 35.1 Å². The van der Waals surface area contributed by atoms with E-state index >= 15 is 0 Å². The molecule has 0 spiro atoms. The van der Waals surface area contributed by atoms with E-state index in [0.717, 1.165) is 12.8 Å². The molecule has 0 aromatic carbocycles. The lowest BCUT2D eigenvalue weighted by Crippen LogP contribution is -2.38. The highest BCUT2D eigenvalue weighted by molar-refractivity contribution is 9.09. The van der Waals surface area contributed by atoms with Crippen molar-refractivity contribution in [1.29, 1.82) is 0 Å². The van der Waals surface area contributed by atoms with Gasteiger partial charge in [-0.2, -0.15) is 0 Å². The van der Waals surface area contributed by atoms with Crippen molar-refractivity contribution >= 4 is 21.8 Å². The number of alkyl halides is 1. The molecule has 3 unspecified atom stereocenters.